The second kappa shape index (κ2) is 7.91. The van der Waals surface area contributed by atoms with Crippen molar-refractivity contribution in [3.05, 3.63) is 95.3 Å². The van der Waals surface area contributed by atoms with Crippen LogP contribution in [0.5, 0.6) is 0 Å². The maximum absolute atomic E-state index is 13.5. The number of hydrogen-bond donors (Lipinski definition) is 0. The Hall–Kier alpha value is -3.45. The van der Waals surface area contributed by atoms with E-state index in [1.165, 1.54) is 17.7 Å². The molecular weight excluding hydrogens is 427 g/mol. The van der Waals surface area contributed by atoms with Crippen molar-refractivity contribution in [1.82, 2.24) is 4.98 Å². The van der Waals surface area contributed by atoms with Gasteiger partial charge in [-0.05, 0) is 60.4 Å². The summed E-state index contributed by atoms with van der Waals surface area (Å²) in [6.07, 6.45) is 0.770. The van der Waals surface area contributed by atoms with Gasteiger partial charge in [0.2, 0.25) is 26.6 Å². The van der Waals surface area contributed by atoms with Crippen molar-refractivity contribution in [2.75, 3.05) is 11.4 Å². The summed E-state index contributed by atoms with van der Waals surface area (Å²) in [7, 11) is -4.03. The fraction of sp³-hybridized carbons (Fsp3) is 0.160. The first-order valence-electron chi connectivity index (χ1n) is 10.3. The Bertz CT molecular complexity index is 1390. The second-order valence-electron chi connectivity index (χ2n) is 7.84. The number of hydrogen-bond acceptors (Lipinski definition) is 5. The van der Waals surface area contributed by atoms with Crippen LogP contribution in [0.2, 0.25) is 0 Å². The highest BCUT2D eigenvalue weighted by Crippen LogP contribution is 2.37. The summed E-state index contributed by atoms with van der Waals surface area (Å²) < 4.78 is 46.6. The third kappa shape index (κ3) is 3.58. The lowest BCUT2D eigenvalue weighted by Crippen LogP contribution is -2.31. The molecule has 32 heavy (non-hydrogen) atoms. The van der Waals surface area contributed by atoms with Gasteiger partial charge in [0.25, 0.3) is 0 Å². The predicted octanol–water partition coefficient (Wildman–Crippen LogP) is 5.18. The Balaban J connectivity index is 1.65. The Morgan fingerprint density at radius 2 is 1.62 bits per heavy atom. The molecule has 7 heteroatoms. The summed E-state index contributed by atoms with van der Waals surface area (Å²) >= 11 is 0. The summed E-state index contributed by atoms with van der Waals surface area (Å²) in [5.41, 5.74) is 4.02. The standard InChI is InChI=1S/C25H21FN2O3S/c1-17-6-2-5-9-22(17)23-27-24(32(29,30)21-12-10-20(26)11-13-21)25(31-23)28-15-14-18-7-3-4-8-19(18)16-28/h2-13H,14-16H2,1H3. The number of fused-ring (bicyclic) bond motifs is 1. The third-order valence-corrected chi connectivity index (χ3v) is 7.42. The molecule has 1 aliphatic heterocycles. The van der Waals surface area contributed by atoms with Crippen molar-refractivity contribution in [2.24, 2.45) is 0 Å². The zero-order valence-electron chi connectivity index (χ0n) is 17.5. The molecule has 0 aliphatic carbocycles. The lowest BCUT2D eigenvalue weighted by Gasteiger charge is -2.28. The minimum absolute atomic E-state index is 0.0257. The van der Waals surface area contributed by atoms with E-state index in [1.807, 2.05) is 54.3 Å². The largest absolute Gasteiger partial charge is 0.419 e. The smallest absolute Gasteiger partial charge is 0.236 e. The summed E-state index contributed by atoms with van der Waals surface area (Å²) in [5.74, 6) is -0.0442. The van der Waals surface area contributed by atoms with Gasteiger partial charge >= 0.3 is 0 Å². The number of nitrogens with zero attached hydrogens (tertiary/aromatic N) is 2. The van der Waals surface area contributed by atoms with E-state index in [4.69, 9.17) is 4.42 Å². The van der Waals surface area contributed by atoms with Gasteiger partial charge in [-0.3, -0.25) is 0 Å². The van der Waals surface area contributed by atoms with Crippen molar-refractivity contribution in [3.63, 3.8) is 0 Å². The van der Waals surface area contributed by atoms with Gasteiger partial charge in [-0.25, -0.2) is 12.8 Å². The normalized spacial score (nSPS) is 13.8. The van der Waals surface area contributed by atoms with Gasteiger partial charge in [-0.15, -0.1) is 0 Å². The number of benzene rings is 3. The van der Waals surface area contributed by atoms with Crippen LogP contribution in [-0.2, 0) is 22.8 Å². The van der Waals surface area contributed by atoms with Crippen molar-refractivity contribution in [2.45, 2.75) is 29.8 Å². The molecule has 4 aromatic rings. The van der Waals surface area contributed by atoms with Crippen LogP contribution in [0, 0.1) is 12.7 Å². The van der Waals surface area contributed by atoms with Crippen LogP contribution in [0.4, 0.5) is 10.3 Å². The van der Waals surface area contributed by atoms with Crippen LogP contribution in [0.3, 0.4) is 0 Å². The minimum atomic E-state index is -4.03. The number of sulfone groups is 1. The van der Waals surface area contributed by atoms with E-state index in [0.717, 1.165) is 35.2 Å². The Kier molecular flexibility index (Phi) is 5.06. The minimum Gasteiger partial charge on any atom is -0.419 e. The molecule has 5 nitrogen and oxygen atoms in total. The summed E-state index contributed by atoms with van der Waals surface area (Å²) in [6, 6.07) is 20.4. The average Bonchev–Trinajstić information content (AvgIpc) is 3.25. The van der Waals surface area contributed by atoms with Crippen LogP contribution in [0.1, 0.15) is 16.7 Å². The highest BCUT2D eigenvalue weighted by molar-refractivity contribution is 7.91. The SMILES string of the molecule is Cc1ccccc1-c1nc(S(=O)(=O)c2ccc(F)cc2)c(N2CCc3ccccc3C2)o1. The first kappa shape index (κ1) is 20.5. The number of aryl methyl sites for hydroxylation is 1. The van der Waals surface area contributed by atoms with Gasteiger partial charge in [-0.2, -0.15) is 4.98 Å². The lowest BCUT2D eigenvalue weighted by molar-refractivity contribution is 0.533. The Morgan fingerprint density at radius 3 is 2.38 bits per heavy atom. The monoisotopic (exact) mass is 448 g/mol. The first-order valence-corrected chi connectivity index (χ1v) is 11.8. The summed E-state index contributed by atoms with van der Waals surface area (Å²) in [6.45, 7) is 3.04. The van der Waals surface area contributed by atoms with Crippen LogP contribution >= 0.6 is 0 Å². The molecule has 0 atom stereocenters. The molecule has 5 rings (SSSR count). The topological polar surface area (TPSA) is 63.4 Å². The van der Waals surface area contributed by atoms with E-state index in [2.05, 4.69) is 11.1 Å². The molecule has 2 heterocycles. The van der Waals surface area contributed by atoms with Crippen LogP contribution in [-0.4, -0.2) is 19.9 Å². The quantitative estimate of drug-likeness (QED) is 0.402. The number of oxazole rings is 1. The molecule has 0 bridgehead atoms. The van der Waals surface area contributed by atoms with Crippen LogP contribution in [0.15, 0.2) is 87.1 Å². The first-order chi connectivity index (χ1) is 15.4. The number of halogens is 1. The van der Waals surface area contributed by atoms with Crippen LogP contribution < -0.4 is 4.90 Å². The molecule has 0 radical (unpaired) electrons. The van der Waals surface area contributed by atoms with Crippen LogP contribution in [0.25, 0.3) is 11.5 Å². The Morgan fingerprint density at radius 1 is 0.938 bits per heavy atom. The lowest BCUT2D eigenvalue weighted by atomic mass is 10.0. The molecule has 1 aromatic heterocycles. The fourth-order valence-electron chi connectivity index (χ4n) is 4.00. The molecular formula is C25H21FN2O3S. The summed E-state index contributed by atoms with van der Waals surface area (Å²) in [5, 5.41) is -0.151. The average molecular weight is 449 g/mol. The number of rotatable bonds is 4. The predicted molar refractivity (Wildman–Crippen MR) is 120 cm³/mol. The second-order valence-corrected chi connectivity index (χ2v) is 9.71. The molecule has 3 aromatic carbocycles. The summed E-state index contributed by atoms with van der Waals surface area (Å²) in [4.78, 5) is 6.34. The molecule has 0 saturated heterocycles. The zero-order valence-corrected chi connectivity index (χ0v) is 18.3. The fourth-order valence-corrected chi connectivity index (χ4v) is 5.32. The number of aromatic nitrogens is 1. The van der Waals surface area contributed by atoms with E-state index < -0.39 is 15.7 Å². The number of anilines is 1. The van der Waals surface area contributed by atoms with Gasteiger partial charge in [-0.1, -0.05) is 42.5 Å². The van der Waals surface area contributed by atoms with Gasteiger partial charge in [0.15, 0.2) is 0 Å². The molecule has 0 N–H and O–H groups in total. The van der Waals surface area contributed by atoms with Crippen molar-refractivity contribution in [1.29, 1.82) is 0 Å². The maximum Gasteiger partial charge on any atom is 0.236 e. The highest BCUT2D eigenvalue weighted by Gasteiger charge is 2.33. The van der Waals surface area contributed by atoms with Gasteiger partial charge < -0.3 is 9.32 Å². The van der Waals surface area contributed by atoms with Gasteiger partial charge in [0.05, 0.1) is 4.90 Å². The van der Waals surface area contributed by atoms with Crippen molar-refractivity contribution in [3.8, 4) is 11.5 Å². The third-order valence-electron chi connectivity index (χ3n) is 5.75. The maximum atomic E-state index is 13.5. The zero-order chi connectivity index (χ0) is 22.3. The molecule has 0 amide bonds. The highest BCUT2D eigenvalue weighted by atomic mass is 32.2. The molecule has 0 spiro atoms. The van der Waals surface area contributed by atoms with Crippen molar-refractivity contribution < 1.29 is 17.2 Å². The van der Waals surface area contributed by atoms with E-state index in [0.29, 0.717) is 13.1 Å². The van der Waals surface area contributed by atoms with E-state index >= 15 is 0 Å². The molecule has 162 valence electrons. The van der Waals surface area contributed by atoms with Gasteiger partial charge in [0, 0.05) is 18.7 Å². The van der Waals surface area contributed by atoms with E-state index in [1.54, 1.807) is 0 Å². The van der Waals surface area contributed by atoms with Crippen molar-refractivity contribution >= 4 is 15.7 Å². The molecule has 0 unspecified atom stereocenters. The molecule has 0 saturated carbocycles. The Labute approximate surface area is 186 Å². The van der Waals surface area contributed by atoms with E-state index in [-0.39, 0.29) is 21.7 Å². The molecule has 0 fully saturated rings. The van der Waals surface area contributed by atoms with E-state index in [9.17, 15) is 12.8 Å². The van der Waals surface area contributed by atoms with Gasteiger partial charge in [0.1, 0.15) is 5.82 Å². The molecule has 1 aliphatic rings.